The second kappa shape index (κ2) is 5.73. The summed E-state index contributed by atoms with van der Waals surface area (Å²) in [5, 5.41) is 2.65. The Balaban J connectivity index is 2.22. The third-order valence-corrected chi connectivity index (χ3v) is 5.24. The van der Waals surface area contributed by atoms with Gasteiger partial charge in [0.25, 0.3) is 5.82 Å². The van der Waals surface area contributed by atoms with Crippen molar-refractivity contribution in [3.63, 3.8) is 0 Å². The highest BCUT2D eigenvalue weighted by molar-refractivity contribution is 6.10. The van der Waals surface area contributed by atoms with Crippen molar-refractivity contribution in [3.05, 3.63) is 71.4 Å². The molecule has 0 saturated heterocycles. The first-order valence-electron chi connectivity index (χ1n) is 8.98. The van der Waals surface area contributed by atoms with Crippen LogP contribution < -0.4 is 4.57 Å². The number of hydrogen-bond acceptors (Lipinski definition) is 0. The maximum atomic E-state index is 2.42. The highest BCUT2D eigenvalue weighted by atomic mass is 15.1. The minimum Gasteiger partial charge on any atom is -0.236 e. The molecule has 4 rings (SSSR count). The van der Waals surface area contributed by atoms with E-state index < -0.39 is 0 Å². The van der Waals surface area contributed by atoms with Gasteiger partial charge in [-0.25, -0.2) is 4.57 Å². The Morgan fingerprint density at radius 1 is 0.880 bits per heavy atom. The maximum absolute atomic E-state index is 2.42. The van der Waals surface area contributed by atoms with Gasteiger partial charge in [0, 0.05) is 22.4 Å². The first-order chi connectivity index (χ1) is 12.0. The van der Waals surface area contributed by atoms with Crippen LogP contribution in [0, 0.1) is 13.8 Å². The topological polar surface area (TPSA) is 8.81 Å². The summed E-state index contributed by atoms with van der Waals surface area (Å²) in [5.41, 5.74) is 6.66. The van der Waals surface area contributed by atoms with Crippen LogP contribution in [0.3, 0.4) is 0 Å². The van der Waals surface area contributed by atoms with Crippen molar-refractivity contribution in [3.8, 4) is 5.82 Å². The van der Waals surface area contributed by atoms with Gasteiger partial charge >= 0.3 is 0 Å². The van der Waals surface area contributed by atoms with E-state index in [0.717, 1.165) is 0 Å². The molecule has 2 aromatic heterocycles. The van der Waals surface area contributed by atoms with Gasteiger partial charge in [-0.15, -0.1) is 0 Å². The number of benzene rings is 2. The second-order valence-electron chi connectivity index (χ2n) is 7.36. The zero-order valence-corrected chi connectivity index (χ0v) is 15.7. The zero-order chi connectivity index (χ0) is 17.7. The fourth-order valence-electron chi connectivity index (χ4n) is 4.07. The zero-order valence-electron chi connectivity index (χ0n) is 15.7. The molecule has 2 nitrogen and oxygen atoms in total. The minimum absolute atomic E-state index is 0.516. The molecule has 0 aliphatic heterocycles. The summed E-state index contributed by atoms with van der Waals surface area (Å²) in [6.45, 7) is 8.94. The summed E-state index contributed by atoms with van der Waals surface area (Å²) in [5.74, 6) is 1.71. The number of pyridine rings is 1. The van der Waals surface area contributed by atoms with Crippen LogP contribution in [0.1, 0.15) is 36.5 Å². The predicted molar refractivity (Wildman–Crippen MR) is 106 cm³/mol. The van der Waals surface area contributed by atoms with Gasteiger partial charge in [-0.05, 0) is 55.2 Å². The summed E-state index contributed by atoms with van der Waals surface area (Å²) in [4.78, 5) is 0. The Kier molecular flexibility index (Phi) is 3.64. The summed E-state index contributed by atoms with van der Waals surface area (Å²) >= 11 is 0. The standard InChI is InChI=1S/C23H25N2/c1-15(2)18-11-12-20-19-8-6-7-9-21(19)25(23(20)17(18)4)22-13-10-16(3)14-24(22)5/h6-15H,1-5H3/q+1. The lowest BCUT2D eigenvalue weighted by molar-refractivity contribution is -0.665. The number of fused-ring (bicyclic) bond motifs is 3. The molecule has 0 aliphatic rings. The number of hydrogen-bond donors (Lipinski definition) is 0. The Morgan fingerprint density at radius 3 is 2.36 bits per heavy atom. The van der Waals surface area contributed by atoms with Gasteiger partial charge < -0.3 is 0 Å². The van der Waals surface area contributed by atoms with E-state index in [1.165, 1.54) is 44.3 Å². The number of aryl methyl sites for hydroxylation is 3. The van der Waals surface area contributed by atoms with Gasteiger partial charge in [0.2, 0.25) is 0 Å². The van der Waals surface area contributed by atoms with Crippen molar-refractivity contribution in [2.24, 2.45) is 7.05 Å². The number of para-hydroxylation sites is 1. The van der Waals surface area contributed by atoms with Crippen LogP contribution >= 0.6 is 0 Å². The van der Waals surface area contributed by atoms with E-state index in [0.29, 0.717) is 5.92 Å². The lowest BCUT2D eigenvalue weighted by atomic mass is 9.95. The van der Waals surface area contributed by atoms with E-state index in [9.17, 15) is 0 Å². The Hall–Kier alpha value is -2.61. The third kappa shape index (κ3) is 2.36. The quantitative estimate of drug-likeness (QED) is 0.438. The summed E-state index contributed by atoms with van der Waals surface area (Å²) in [6.07, 6.45) is 2.19. The third-order valence-electron chi connectivity index (χ3n) is 5.24. The van der Waals surface area contributed by atoms with Crippen LogP contribution in [0.5, 0.6) is 0 Å². The van der Waals surface area contributed by atoms with E-state index in [-0.39, 0.29) is 0 Å². The molecule has 0 N–H and O–H groups in total. The molecule has 0 fully saturated rings. The van der Waals surface area contributed by atoms with Crippen molar-refractivity contribution in [2.45, 2.75) is 33.6 Å². The van der Waals surface area contributed by atoms with Crippen LogP contribution in [0.4, 0.5) is 0 Å². The van der Waals surface area contributed by atoms with Crippen LogP contribution in [-0.4, -0.2) is 4.57 Å². The average Bonchev–Trinajstić information content (AvgIpc) is 2.90. The van der Waals surface area contributed by atoms with E-state index in [2.05, 4.69) is 98.6 Å². The molecule has 0 saturated carbocycles. The monoisotopic (exact) mass is 329 g/mol. The first-order valence-corrected chi connectivity index (χ1v) is 8.98. The van der Waals surface area contributed by atoms with Crippen LogP contribution in [0.2, 0.25) is 0 Å². The number of aromatic nitrogens is 2. The Labute approximate surface area is 149 Å². The SMILES string of the molecule is Cc1ccc(-n2c3ccccc3c3ccc(C(C)C)c(C)c32)[n+](C)c1. The van der Waals surface area contributed by atoms with Crippen molar-refractivity contribution >= 4 is 21.8 Å². The molecule has 0 atom stereocenters. The molecule has 0 aliphatic carbocycles. The van der Waals surface area contributed by atoms with Crippen LogP contribution in [0.25, 0.3) is 27.6 Å². The fraction of sp³-hybridized carbons (Fsp3) is 0.261. The number of rotatable bonds is 2. The fourth-order valence-corrected chi connectivity index (χ4v) is 4.07. The predicted octanol–water partition coefficient (Wildman–Crippen LogP) is 5.35. The average molecular weight is 329 g/mol. The van der Waals surface area contributed by atoms with Crippen molar-refractivity contribution in [1.29, 1.82) is 0 Å². The largest absolute Gasteiger partial charge is 0.286 e. The van der Waals surface area contributed by atoms with E-state index in [1.807, 2.05) is 0 Å². The molecule has 2 heteroatoms. The molecule has 126 valence electrons. The van der Waals surface area contributed by atoms with E-state index in [4.69, 9.17) is 0 Å². The molecule has 4 aromatic rings. The van der Waals surface area contributed by atoms with E-state index in [1.54, 1.807) is 0 Å². The van der Waals surface area contributed by atoms with Crippen molar-refractivity contribution < 1.29 is 4.57 Å². The Morgan fingerprint density at radius 2 is 1.64 bits per heavy atom. The van der Waals surface area contributed by atoms with Crippen molar-refractivity contribution in [1.82, 2.24) is 4.57 Å². The first kappa shape index (κ1) is 15.9. The lowest BCUT2D eigenvalue weighted by Crippen LogP contribution is -2.33. The summed E-state index contributed by atoms with van der Waals surface area (Å²) in [7, 11) is 2.13. The molecule has 25 heavy (non-hydrogen) atoms. The maximum Gasteiger partial charge on any atom is 0.286 e. The minimum atomic E-state index is 0.516. The summed E-state index contributed by atoms with van der Waals surface area (Å²) < 4.78 is 4.65. The molecular weight excluding hydrogens is 304 g/mol. The molecule has 2 aromatic carbocycles. The van der Waals surface area contributed by atoms with Crippen LogP contribution in [-0.2, 0) is 7.05 Å². The molecule has 0 spiro atoms. The highest BCUT2D eigenvalue weighted by Gasteiger charge is 2.23. The molecule has 0 bridgehead atoms. The van der Waals surface area contributed by atoms with Gasteiger partial charge in [0.15, 0.2) is 0 Å². The number of nitrogens with zero attached hydrogens (tertiary/aromatic N) is 2. The van der Waals surface area contributed by atoms with Gasteiger partial charge in [-0.1, -0.05) is 32.0 Å². The second-order valence-corrected chi connectivity index (χ2v) is 7.36. The molecule has 0 radical (unpaired) electrons. The van der Waals surface area contributed by atoms with E-state index >= 15 is 0 Å². The van der Waals surface area contributed by atoms with Gasteiger partial charge in [-0.2, -0.15) is 4.57 Å². The Bertz CT molecular complexity index is 1100. The molecule has 0 amide bonds. The van der Waals surface area contributed by atoms with Crippen molar-refractivity contribution in [2.75, 3.05) is 0 Å². The van der Waals surface area contributed by atoms with Gasteiger partial charge in [0.1, 0.15) is 11.0 Å². The molecular formula is C23H25N2+. The van der Waals surface area contributed by atoms with Gasteiger partial charge in [0.05, 0.1) is 13.2 Å². The van der Waals surface area contributed by atoms with Crippen LogP contribution in [0.15, 0.2) is 54.7 Å². The smallest absolute Gasteiger partial charge is 0.236 e. The molecule has 0 unspecified atom stereocenters. The molecule has 2 heterocycles. The van der Waals surface area contributed by atoms with Gasteiger partial charge in [-0.3, -0.25) is 0 Å². The lowest BCUT2D eigenvalue weighted by Gasteiger charge is -2.11. The highest BCUT2D eigenvalue weighted by Crippen LogP contribution is 2.35. The summed E-state index contributed by atoms with van der Waals surface area (Å²) in [6, 6.07) is 17.7. The normalized spacial score (nSPS) is 11.8.